The molecule has 0 aliphatic carbocycles. The standard InChI is InChI=1S/C23H46O2.C23H44O2.C21H42O2.C21H40O2/c2*1-4-5-6-7-8-9-10-11-12-13-14-15-16-17-18-19-23(24)25-21-20-22(2)3;2*1-4-5-6-7-8-9-10-11-12-13-14-15-16-17-21(22)23-19-18-20(2)3/h22H,4-21H2,1-3H3;11-12,22H,4-10,13-21H2,1-3H3;20H,4-19H2,1-3H3;9-10,20H,4-8,11-19H2,1-3H3/b;12-11-;;10-9-. The lowest BCUT2D eigenvalue weighted by Crippen LogP contribution is -2.07. The summed E-state index contributed by atoms with van der Waals surface area (Å²) in [7, 11) is 0. The van der Waals surface area contributed by atoms with E-state index < -0.39 is 0 Å². The molecule has 0 radical (unpaired) electrons. The summed E-state index contributed by atoms with van der Waals surface area (Å²) in [5.41, 5.74) is 0. The highest BCUT2D eigenvalue weighted by Gasteiger charge is 2.08. The van der Waals surface area contributed by atoms with Crippen LogP contribution >= 0.6 is 0 Å². The maximum absolute atomic E-state index is 11.5. The van der Waals surface area contributed by atoms with E-state index in [0.29, 0.717) is 75.8 Å². The van der Waals surface area contributed by atoms with E-state index in [2.05, 4.69) is 107 Å². The molecule has 0 aliphatic heterocycles. The molecule has 0 saturated heterocycles. The van der Waals surface area contributed by atoms with Gasteiger partial charge < -0.3 is 18.9 Å². The van der Waals surface area contributed by atoms with Crippen LogP contribution in [0, 0.1) is 23.7 Å². The van der Waals surface area contributed by atoms with E-state index in [1.807, 2.05) is 0 Å². The first-order valence-corrected chi connectivity index (χ1v) is 42.6. The Morgan fingerprint density at radius 1 is 0.208 bits per heavy atom. The second kappa shape index (κ2) is 88.4. The van der Waals surface area contributed by atoms with Crippen molar-refractivity contribution in [3.63, 3.8) is 0 Å². The van der Waals surface area contributed by atoms with Gasteiger partial charge in [0.05, 0.1) is 26.4 Å². The van der Waals surface area contributed by atoms with E-state index in [4.69, 9.17) is 18.9 Å². The minimum Gasteiger partial charge on any atom is -0.466 e. The van der Waals surface area contributed by atoms with Gasteiger partial charge >= 0.3 is 23.9 Å². The second-order valence-corrected chi connectivity index (χ2v) is 30.3. The highest BCUT2D eigenvalue weighted by molar-refractivity contribution is 5.70. The summed E-state index contributed by atoms with van der Waals surface area (Å²) in [6.45, 7) is 28.6. The molecule has 0 aromatic heterocycles. The van der Waals surface area contributed by atoms with Gasteiger partial charge in [0, 0.05) is 25.7 Å². The summed E-state index contributed by atoms with van der Waals surface area (Å²) in [6.07, 6.45) is 84.0. The molecule has 0 unspecified atom stereocenters. The Balaban J connectivity index is -0.000000588. The van der Waals surface area contributed by atoms with Gasteiger partial charge in [-0.2, -0.15) is 0 Å². The maximum Gasteiger partial charge on any atom is 0.305 e. The van der Waals surface area contributed by atoms with Crippen molar-refractivity contribution >= 4 is 23.9 Å². The summed E-state index contributed by atoms with van der Waals surface area (Å²) in [6, 6.07) is 0. The second-order valence-electron chi connectivity index (χ2n) is 30.3. The minimum atomic E-state index is -0.0170. The number of hydrogen-bond donors (Lipinski definition) is 0. The molecule has 0 spiro atoms. The Kier molecular flexibility index (Phi) is 91.9. The third-order valence-electron chi connectivity index (χ3n) is 18.1. The fourth-order valence-corrected chi connectivity index (χ4v) is 11.2. The van der Waals surface area contributed by atoms with Gasteiger partial charge in [-0.1, -0.05) is 364 Å². The van der Waals surface area contributed by atoms with Crippen molar-refractivity contribution in [2.75, 3.05) is 26.4 Å². The molecule has 0 fully saturated rings. The highest BCUT2D eigenvalue weighted by Crippen LogP contribution is 2.18. The Morgan fingerprint density at radius 3 is 0.500 bits per heavy atom. The van der Waals surface area contributed by atoms with Gasteiger partial charge in [-0.3, -0.25) is 19.2 Å². The lowest BCUT2D eigenvalue weighted by Gasteiger charge is -2.06. The van der Waals surface area contributed by atoms with Crippen molar-refractivity contribution < 1.29 is 38.1 Å². The Bertz CT molecular complexity index is 1570. The smallest absolute Gasteiger partial charge is 0.305 e. The first-order valence-electron chi connectivity index (χ1n) is 42.6. The number of hydrogen-bond acceptors (Lipinski definition) is 8. The number of carbonyl (C=O) groups is 4. The van der Waals surface area contributed by atoms with Crippen LogP contribution in [-0.2, 0) is 38.1 Å². The van der Waals surface area contributed by atoms with E-state index in [1.165, 1.54) is 295 Å². The first kappa shape index (κ1) is 99.7. The highest BCUT2D eigenvalue weighted by atomic mass is 16.5. The third kappa shape index (κ3) is 102. The topological polar surface area (TPSA) is 105 Å². The largest absolute Gasteiger partial charge is 0.466 e. The molecule has 0 aliphatic rings. The molecule has 0 atom stereocenters. The van der Waals surface area contributed by atoms with E-state index in [9.17, 15) is 19.2 Å². The van der Waals surface area contributed by atoms with Crippen LogP contribution in [0.3, 0.4) is 0 Å². The van der Waals surface area contributed by atoms with E-state index in [0.717, 1.165) is 64.2 Å². The van der Waals surface area contributed by atoms with Crippen LogP contribution in [-0.4, -0.2) is 50.3 Å². The summed E-state index contributed by atoms with van der Waals surface area (Å²) in [4.78, 5) is 46.1. The van der Waals surface area contributed by atoms with Crippen molar-refractivity contribution in [1.29, 1.82) is 0 Å². The number of carbonyl (C=O) groups excluding carboxylic acids is 4. The van der Waals surface area contributed by atoms with Gasteiger partial charge in [-0.05, 0) is 126 Å². The van der Waals surface area contributed by atoms with Gasteiger partial charge in [-0.25, -0.2) is 0 Å². The van der Waals surface area contributed by atoms with Crippen LogP contribution < -0.4 is 0 Å². The van der Waals surface area contributed by atoms with Crippen molar-refractivity contribution in [1.82, 2.24) is 0 Å². The lowest BCUT2D eigenvalue weighted by atomic mass is 10.0. The average molecular weight is 1360 g/mol. The molecule has 572 valence electrons. The van der Waals surface area contributed by atoms with E-state index in [-0.39, 0.29) is 23.9 Å². The molecule has 0 N–H and O–H groups in total. The summed E-state index contributed by atoms with van der Waals surface area (Å²) < 4.78 is 20.9. The fourth-order valence-electron chi connectivity index (χ4n) is 11.2. The summed E-state index contributed by atoms with van der Waals surface area (Å²) in [5.74, 6) is 2.39. The first-order chi connectivity index (χ1) is 46.7. The molecular weight excluding hydrogens is 1180 g/mol. The van der Waals surface area contributed by atoms with Crippen LogP contribution in [0.2, 0.25) is 0 Å². The van der Waals surface area contributed by atoms with Gasteiger partial charge in [-0.15, -0.1) is 0 Å². The molecule has 8 nitrogen and oxygen atoms in total. The van der Waals surface area contributed by atoms with Gasteiger partial charge in [0.25, 0.3) is 0 Å². The average Bonchev–Trinajstić information content (AvgIpc) is 3.68. The SMILES string of the molecule is CCCCCC/C=C\CCCCCCCC(=O)OCCC(C)C.CCCCCCCC/C=C\CCCCCCCC(=O)OCCC(C)C.CCCCCCCCCCCCCCCC(=O)OCCC(C)C.CCCCCCCCCCCCCCCCCC(=O)OCCC(C)C. The number of rotatable bonds is 70. The molecule has 0 saturated carbocycles. The number of ether oxygens (including phenoxy) is 4. The van der Waals surface area contributed by atoms with Crippen LogP contribution in [0.25, 0.3) is 0 Å². The number of esters is 4. The van der Waals surface area contributed by atoms with Gasteiger partial charge in [0.15, 0.2) is 0 Å². The number of unbranched alkanes of at least 4 members (excludes halogenated alkanes) is 46. The lowest BCUT2D eigenvalue weighted by molar-refractivity contribution is -0.145. The van der Waals surface area contributed by atoms with Crippen LogP contribution in [0.4, 0.5) is 0 Å². The molecule has 0 heterocycles. The molecule has 8 heteroatoms. The molecule has 0 amide bonds. The number of allylic oxidation sites excluding steroid dienone is 4. The van der Waals surface area contributed by atoms with Crippen molar-refractivity contribution in [3.05, 3.63) is 24.3 Å². The third-order valence-corrected chi connectivity index (χ3v) is 18.1. The summed E-state index contributed by atoms with van der Waals surface area (Å²) >= 11 is 0. The normalized spacial score (nSPS) is 11.3. The minimum absolute atomic E-state index is 0.00431. The monoisotopic (exact) mass is 1360 g/mol. The zero-order valence-corrected chi connectivity index (χ0v) is 67.1. The molecule has 0 rings (SSSR count). The van der Waals surface area contributed by atoms with Crippen LogP contribution in [0.1, 0.15) is 468 Å². The molecule has 0 aromatic carbocycles. The van der Waals surface area contributed by atoms with Crippen LogP contribution in [0.15, 0.2) is 24.3 Å². The van der Waals surface area contributed by atoms with Crippen molar-refractivity contribution in [2.24, 2.45) is 23.7 Å². The van der Waals surface area contributed by atoms with Gasteiger partial charge in [0.1, 0.15) is 0 Å². The zero-order valence-electron chi connectivity index (χ0n) is 67.1. The van der Waals surface area contributed by atoms with Crippen molar-refractivity contribution in [2.45, 2.75) is 468 Å². The predicted molar refractivity (Wildman–Crippen MR) is 421 cm³/mol. The maximum atomic E-state index is 11.5. The van der Waals surface area contributed by atoms with Crippen LogP contribution in [0.5, 0.6) is 0 Å². The molecule has 0 bridgehead atoms. The Morgan fingerprint density at radius 2 is 0.344 bits per heavy atom. The predicted octanol–water partition coefficient (Wildman–Crippen LogP) is 29.3. The molecule has 96 heavy (non-hydrogen) atoms. The van der Waals surface area contributed by atoms with E-state index in [1.54, 1.807) is 0 Å². The summed E-state index contributed by atoms with van der Waals surface area (Å²) in [5, 5.41) is 0. The fraction of sp³-hybridized carbons (Fsp3) is 0.909. The Hall–Kier alpha value is -2.64. The Labute approximate surface area is 601 Å². The van der Waals surface area contributed by atoms with Crippen molar-refractivity contribution in [3.8, 4) is 0 Å². The molecular formula is C88H172O8. The molecule has 0 aromatic rings. The van der Waals surface area contributed by atoms with E-state index >= 15 is 0 Å². The zero-order chi connectivity index (χ0) is 71.5. The van der Waals surface area contributed by atoms with Gasteiger partial charge in [0.2, 0.25) is 0 Å². The quantitative estimate of drug-likeness (QED) is 0.0257.